The van der Waals surface area contributed by atoms with Gasteiger partial charge in [0, 0.05) is 48.9 Å². The summed E-state index contributed by atoms with van der Waals surface area (Å²) in [7, 11) is 1.79. The fourth-order valence-corrected chi connectivity index (χ4v) is 3.97. The molecule has 1 aromatic carbocycles. The third kappa shape index (κ3) is 3.18. The first kappa shape index (κ1) is 17.1. The summed E-state index contributed by atoms with van der Waals surface area (Å²) in [5.74, 6) is 0.672. The largest absolute Gasteiger partial charge is 0.381 e. The van der Waals surface area contributed by atoms with E-state index in [0.717, 1.165) is 58.9 Å². The van der Waals surface area contributed by atoms with Crippen molar-refractivity contribution in [2.24, 2.45) is 0 Å². The number of aromatic nitrogens is 5. The van der Waals surface area contributed by atoms with Crippen molar-refractivity contribution in [3.05, 3.63) is 43.0 Å². The van der Waals surface area contributed by atoms with Crippen molar-refractivity contribution in [1.29, 1.82) is 0 Å². The van der Waals surface area contributed by atoms with Gasteiger partial charge in [0.25, 0.3) is 0 Å². The first-order valence-corrected chi connectivity index (χ1v) is 9.65. The molecule has 1 aliphatic carbocycles. The topological polar surface area (TPSA) is 88.6 Å². The Bertz CT molecular complexity index is 1120. The predicted molar refractivity (Wildman–Crippen MR) is 109 cm³/mol. The van der Waals surface area contributed by atoms with E-state index in [2.05, 4.69) is 36.3 Å². The Hall–Kier alpha value is -3.06. The van der Waals surface area contributed by atoms with Crippen LogP contribution in [0.3, 0.4) is 0 Å². The number of benzene rings is 1. The summed E-state index contributed by atoms with van der Waals surface area (Å²) >= 11 is 0. The van der Waals surface area contributed by atoms with Crippen LogP contribution in [0.4, 0.5) is 5.95 Å². The van der Waals surface area contributed by atoms with Crippen LogP contribution in [-0.4, -0.2) is 44.2 Å². The van der Waals surface area contributed by atoms with Gasteiger partial charge in [-0.3, -0.25) is 9.97 Å². The first-order chi connectivity index (χ1) is 13.8. The molecule has 0 radical (unpaired) electrons. The monoisotopic (exact) mass is 374 g/mol. The second-order valence-corrected chi connectivity index (χ2v) is 7.27. The quantitative estimate of drug-likeness (QED) is 0.562. The van der Waals surface area contributed by atoms with E-state index in [1.54, 1.807) is 19.5 Å². The number of nitrogens with one attached hydrogen (secondary N) is 2. The minimum absolute atomic E-state index is 0.388. The van der Waals surface area contributed by atoms with E-state index in [9.17, 15) is 0 Å². The fraction of sp³-hybridized carbons (Fsp3) is 0.333. The highest BCUT2D eigenvalue weighted by Gasteiger charge is 2.21. The van der Waals surface area contributed by atoms with Crippen LogP contribution in [0.2, 0.25) is 0 Å². The third-order valence-corrected chi connectivity index (χ3v) is 5.55. The molecule has 7 heteroatoms. The van der Waals surface area contributed by atoms with Gasteiger partial charge < -0.3 is 15.0 Å². The lowest BCUT2D eigenvalue weighted by atomic mass is 9.93. The van der Waals surface area contributed by atoms with Gasteiger partial charge >= 0.3 is 0 Å². The zero-order valence-corrected chi connectivity index (χ0v) is 15.7. The number of hydrogen-bond acceptors (Lipinski definition) is 6. The Morgan fingerprint density at radius 2 is 1.86 bits per heavy atom. The third-order valence-electron chi connectivity index (χ3n) is 5.55. The maximum absolute atomic E-state index is 5.45. The normalized spacial score (nSPS) is 19.9. The Morgan fingerprint density at radius 3 is 2.68 bits per heavy atom. The van der Waals surface area contributed by atoms with Crippen LogP contribution in [0.1, 0.15) is 25.7 Å². The molecule has 142 valence electrons. The summed E-state index contributed by atoms with van der Waals surface area (Å²) in [5, 5.41) is 4.47. The molecule has 1 fully saturated rings. The average molecular weight is 374 g/mol. The second-order valence-electron chi connectivity index (χ2n) is 7.27. The van der Waals surface area contributed by atoms with Crippen molar-refractivity contribution in [1.82, 2.24) is 24.9 Å². The van der Waals surface area contributed by atoms with E-state index in [4.69, 9.17) is 4.74 Å². The summed E-state index contributed by atoms with van der Waals surface area (Å²) in [5.41, 5.74) is 4.73. The Morgan fingerprint density at radius 1 is 1.04 bits per heavy atom. The Kier molecular flexibility index (Phi) is 4.37. The molecule has 0 saturated heterocycles. The molecule has 5 rings (SSSR count). The molecule has 3 aromatic heterocycles. The number of rotatable bonds is 4. The van der Waals surface area contributed by atoms with E-state index in [1.807, 2.05) is 24.5 Å². The molecule has 1 saturated carbocycles. The van der Waals surface area contributed by atoms with Crippen molar-refractivity contribution in [3.63, 3.8) is 0 Å². The molecule has 0 spiro atoms. The maximum atomic E-state index is 5.45. The zero-order valence-electron chi connectivity index (χ0n) is 15.7. The highest BCUT2D eigenvalue weighted by Crippen LogP contribution is 2.30. The first-order valence-electron chi connectivity index (χ1n) is 9.65. The molecular weight excluding hydrogens is 352 g/mol. The Labute approximate surface area is 162 Å². The number of aromatic amines is 1. The number of H-pyrrole nitrogens is 1. The molecular formula is C21H22N6O. The molecule has 0 amide bonds. The number of methoxy groups -OCH3 is 1. The molecule has 0 unspecified atom stereocenters. The standard InChI is InChI=1S/C21H22N6O/c1-28-15-5-3-14(4-6-15)26-21-25-12-17-16(11-24-20(17)27-21)13-2-7-18-19(10-13)23-9-8-22-18/h2,7-12,14-15H,3-6H2,1H3,(H2,24,25,26,27)/t14-,15+. The Balaban J connectivity index is 1.40. The van der Waals surface area contributed by atoms with E-state index in [0.29, 0.717) is 18.1 Å². The van der Waals surface area contributed by atoms with Crippen LogP contribution >= 0.6 is 0 Å². The number of anilines is 1. The van der Waals surface area contributed by atoms with Gasteiger partial charge in [0.1, 0.15) is 5.65 Å². The lowest BCUT2D eigenvalue weighted by molar-refractivity contribution is 0.0681. The molecule has 0 bridgehead atoms. The zero-order chi connectivity index (χ0) is 18.9. The minimum Gasteiger partial charge on any atom is -0.381 e. The van der Waals surface area contributed by atoms with Crippen LogP contribution in [0.5, 0.6) is 0 Å². The summed E-state index contributed by atoms with van der Waals surface area (Å²) in [4.78, 5) is 21.3. The number of nitrogens with zero attached hydrogens (tertiary/aromatic N) is 4. The molecule has 0 aliphatic heterocycles. The number of fused-ring (bicyclic) bond motifs is 2. The SMILES string of the molecule is CO[C@H]1CC[C@@H](Nc2ncc3c(-c4ccc5nccnc5c4)c[nH]c3n2)CC1. The van der Waals surface area contributed by atoms with Crippen molar-refractivity contribution in [2.75, 3.05) is 12.4 Å². The lowest BCUT2D eigenvalue weighted by Gasteiger charge is -2.28. The van der Waals surface area contributed by atoms with Gasteiger partial charge in [0.05, 0.1) is 17.1 Å². The minimum atomic E-state index is 0.388. The predicted octanol–water partition coefficient (Wildman–Crippen LogP) is 3.94. The van der Waals surface area contributed by atoms with Crippen molar-refractivity contribution in [2.45, 2.75) is 37.8 Å². The van der Waals surface area contributed by atoms with Crippen molar-refractivity contribution >= 4 is 28.0 Å². The smallest absolute Gasteiger partial charge is 0.224 e. The van der Waals surface area contributed by atoms with Gasteiger partial charge in [0.2, 0.25) is 5.95 Å². The van der Waals surface area contributed by atoms with Gasteiger partial charge in [-0.1, -0.05) is 6.07 Å². The van der Waals surface area contributed by atoms with Crippen LogP contribution in [0.25, 0.3) is 33.2 Å². The summed E-state index contributed by atoms with van der Waals surface area (Å²) < 4.78 is 5.45. The highest BCUT2D eigenvalue weighted by atomic mass is 16.5. The van der Waals surface area contributed by atoms with Crippen LogP contribution < -0.4 is 5.32 Å². The molecule has 0 atom stereocenters. The van der Waals surface area contributed by atoms with Gasteiger partial charge in [-0.2, -0.15) is 4.98 Å². The molecule has 3 heterocycles. The second kappa shape index (κ2) is 7.16. The average Bonchev–Trinajstić information content (AvgIpc) is 3.17. The summed E-state index contributed by atoms with van der Waals surface area (Å²) in [6.07, 6.45) is 12.0. The fourth-order valence-electron chi connectivity index (χ4n) is 3.97. The summed E-state index contributed by atoms with van der Waals surface area (Å²) in [6.45, 7) is 0. The van der Waals surface area contributed by atoms with Crippen molar-refractivity contribution in [3.8, 4) is 11.1 Å². The van der Waals surface area contributed by atoms with Gasteiger partial charge in [0.15, 0.2) is 0 Å². The summed E-state index contributed by atoms with van der Waals surface area (Å²) in [6, 6.07) is 6.49. The van der Waals surface area contributed by atoms with Gasteiger partial charge in [-0.05, 0) is 43.4 Å². The van der Waals surface area contributed by atoms with Gasteiger partial charge in [-0.15, -0.1) is 0 Å². The van der Waals surface area contributed by atoms with Crippen LogP contribution in [0, 0.1) is 0 Å². The van der Waals surface area contributed by atoms with Crippen LogP contribution in [0.15, 0.2) is 43.0 Å². The maximum Gasteiger partial charge on any atom is 0.224 e. The number of ether oxygens (including phenoxy) is 1. The molecule has 2 N–H and O–H groups in total. The van der Waals surface area contributed by atoms with Crippen LogP contribution in [-0.2, 0) is 4.74 Å². The lowest BCUT2D eigenvalue weighted by Crippen LogP contribution is -2.29. The number of hydrogen-bond donors (Lipinski definition) is 2. The van der Waals surface area contributed by atoms with E-state index in [-0.39, 0.29) is 0 Å². The molecule has 7 nitrogen and oxygen atoms in total. The van der Waals surface area contributed by atoms with Crippen molar-refractivity contribution < 1.29 is 4.74 Å². The molecule has 4 aromatic rings. The van der Waals surface area contributed by atoms with E-state index < -0.39 is 0 Å². The van der Waals surface area contributed by atoms with E-state index >= 15 is 0 Å². The highest BCUT2D eigenvalue weighted by molar-refractivity contribution is 5.95. The van der Waals surface area contributed by atoms with Gasteiger partial charge in [-0.25, -0.2) is 4.98 Å². The molecule has 28 heavy (non-hydrogen) atoms. The molecule has 1 aliphatic rings. The van der Waals surface area contributed by atoms with E-state index in [1.165, 1.54) is 0 Å².